The van der Waals surface area contributed by atoms with Crippen molar-refractivity contribution >= 4 is 17.6 Å². The van der Waals surface area contributed by atoms with Gasteiger partial charge in [0.05, 0.1) is 12.7 Å². The van der Waals surface area contributed by atoms with Crippen LogP contribution in [0.1, 0.15) is 15.9 Å². The standard InChI is InChI=1S/C11H13NO4/c1-7-8(4-3-5-9(7)12)11(14)16-6-10(13)15-2/h3-5H,6,12H2,1-2H3. The van der Waals surface area contributed by atoms with Crippen molar-refractivity contribution < 1.29 is 19.1 Å². The molecule has 0 aliphatic rings. The zero-order valence-electron chi connectivity index (χ0n) is 9.15. The summed E-state index contributed by atoms with van der Waals surface area (Å²) in [5.74, 6) is -1.19. The maximum atomic E-state index is 11.6. The van der Waals surface area contributed by atoms with Crippen molar-refractivity contribution in [2.75, 3.05) is 19.5 Å². The average molecular weight is 223 g/mol. The van der Waals surface area contributed by atoms with E-state index in [1.54, 1.807) is 25.1 Å². The maximum absolute atomic E-state index is 11.6. The summed E-state index contributed by atoms with van der Waals surface area (Å²) in [5.41, 5.74) is 7.14. The second kappa shape index (κ2) is 5.16. The van der Waals surface area contributed by atoms with Crippen LogP contribution in [0.5, 0.6) is 0 Å². The van der Waals surface area contributed by atoms with Gasteiger partial charge in [0.15, 0.2) is 6.61 Å². The number of nitrogen functional groups attached to an aromatic ring is 1. The van der Waals surface area contributed by atoms with E-state index in [0.29, 0.717) is 16.8 Å². The van der Waals surface area contributed by atoms with Crippen LogP contribution < -0.4 is 5.73 Å². The van der Waals surface area contributed by atoms with Gasteiger partial charge in [-0.15, -0.1) is 0 Å². The highest BCUT2D eigenvalue weighted by molar-refractivity contribution is 5.93. The topological polar surface area (TPSA) is 78.6 Å². The Labute approximate surface area is 93.1 Å². The molecule has 0 aromatic heterocycles. The van der Waals surface area contributed by atoms with Crippen molar-refractivity contribution in [3.8, 4) is 0 Å². The van der Waals surface area contributed by atoms with Gasteiger partial charge in [0.1, 0.15) is 0 Å². The summed E-state index contributed by atoms with van der Waals surface area (Å²) in [6.45, 7) is 1.31. The first kappa shape index (κ1) is 12.0. The third-order valence-electron chi connectivity index (χ3n) is 2.14. The number of carbonyl (C=O) groups excluding carboxylic acids is 2. The molecule has 0 aliphatic carbocycles. The molecular formula is C11H13NO4. The van der Waals surface area contributed by atoms with Gasteiger partial charge >= 0.3 is 11.9 Å². The summed E-state index contributed by atoms with van der Waals surface area (Å²) in [4.78, 5) is 22.3. The number of ether oxygens (including phenoxy) is 2. The van der Waals surface area contributed by atoms with Gasteiger partial charge in [0.25, 0.3) is 0 Å². The van der Waals surface area contributed by atoms with Gasteiger partial charge in [0, 0.05) is 5.69 Å². The Kier molecular flexibility index (Phi) is 3.88. The molecule has 0 heterocycles. The van der Waals surface area contributed by atoms with Gasteiger partial charge < -0.3 is 15.2 Å². The zero-order valence-corrected chi connectivity index (χ0v) is 9.15. The number of rotatable bonds is 3. The molecule has 0 radical (unpaired) electrons. The van der Waals surface area contributed by atoms with Crippen LogP contribution in [-0.4, -0.2) is 25.7 Å². The fraction of sp³-hybridized carbons (Fsp3) is 0.273. The number of anilines is 1. The summed E-state index contributed by atoms with van der Waals surface area (Å²) < 4.78 is 9.10. The minimum absolute atomic E-state index is 0.351. The van der Waals surface area contributed by atoms with Crippen molar-refractivity contribution in [2.24, 2.45) is 0 Å². The Morgan fingerprint density at radius 1 is 1.38 bits per heavy atom. The quantitative estimate of drug-likeness (QED) is 0.608. The Hall–Kier alpha value is -2.04. The van der Waals surface area contributed by atoms with E-state index < -0.39 is 18.5 Å². The number of hydrogen-bond donors (Lipinski definition) is 1. The predicted molar refractivity (Wildman–Crippen MR) is 57.9 cm³/mol. The van der Waals surface area contributed by atoms with Gasteiger partial charge in [-0.2, -0.15) is 0 Å². The third kappa shape index (κ3) is 2.73. The second-order valence-electron chi connectivity index (χ2n) is 3.17. The lowest BCUT2D eigenvalue weighted by atomic mass is 10.1. The maximum Gasteiger partial charge on any atom is 0.344 e. The highest BCUT2D eigenvalue weighted by Crippen LogP contribution is 2.16. The minimum Gasteiger partial charge on any atom is -0.466 e. The Morgan fingerprint density at radius 2 is 2.06 bits per heavy atom. The monoisotopic (exact) mass is 223 g/mol. The van der Waals surface area contributed by atoms with Gasteiger partial charge in [0.2, 0.25) is 0 Å². The molecule has 16 heavy (non-hydrogen) atoms. The minimum atomic E-state index is -0.602. The molecule has 0 bridgehead atoms. The first-order valence-electron chi connectivity index (χ1n) is 4.65. The molecule has 0 atom stereocenters. The van der Waals surface area contributed by atoms with E-state index in [1.165, 1.54) is 7.11 Å². The first-order valence-corrected chi connectivity index (χ1v) is 4.65. The van der Waals surface area contributed by atoms with Gasteiger partial charge in [-0.05, 0) is 24.6 Å². The Balaban J connectivity index is 2.74. The first-order chi connectivity index (χ1) is 7.56. The van der Waals surface area contributed by atoms with Crippen molar-refractivity contribution in [1.29, 1.82) is 0 Å². The summed E-state index contributed by atoms with van der Waals surface area (Å²) in [6.07, 6.45) is 0. The van der Waals surface area contributed by atoms with Crippen LogP contribution in [0.4, 0.5) is 5.69 Å². The van der Waals surface area contributed by atoms with Crippen LogP contribution in [0.2, 0.25) is 0 Å². The highest BCUT2D eigenvalue weighted by atomic mass is 16.6. The molecule has 0 amide bonds. The van der Waals surface area contributed by atoms with E-state index in [2.05, 4.69) is 4.74 Å². The molecule has 0 unspecified atom stereocenters. The summed E-state index contributed by atoms with van der Waals surface area (Å²) in [7, 11) is 1.22. The van der Waals surface area contributed by atoms with E-state index in [1.807, 2.05) is 0 Å². The van der Waals surface area contributed by atoms with E-state index in [-0.39, 0.29) is 0 Å². The zero-order chi connectivity index (χ0) is 12.1. The average Bonchev–Trinajstić information content (AvgIpc) is 2.29. The number of hydrogen-bond acceptors (Lipinski definition) is 5. The van der Waals surface area contributed by atoms with Gasteiger partial charge in [-0.25, -0.2) is 9.59 Å². The highest BCUT2D eigenvalue weighted by Gasteiger charge is 2.13. The normalized spacial score (nSPS) is 9.62. The fourth-order valence-corrected chi connectivity index (χ4v) is 1.14. The molecule has 2 N–H and O–H groups in total. The summed E-state index contributed by atoms with van der Waals surface area (Å²) in [6, 6.07) is 4.93. The smallest absolute Gasteiger partial charge is 0.344 e. The van der Waals surface area contributed by atoms with E-state index in [0.717, 1.165) is 0 Å². The van der Waals surface area contributed by atoms with Crippen molar-refractivity contribution in [3.63, 3.8) is 0 Å². The SMILES string of the molecule is COC(=O)COC(=O)c1cccc(N)c1C. The Bertz CT molecular complexity index is 414. The number of benzene rings is 1. The van der Waals surface area contributed by atoms with E-state index >= 15 is 0 Å². The number of methoxy groups -OCH3 is 1. The Morgan fingerprint density at radius 3 is 2.69 bits per heavy atom. The van der Waals surface area contributed by atoms with Crippen LogP contribution in [0, 0.1) is 6.92 Å². The van der Waals surface area contributed by atoms with Crippen molar-refractivity contribution in [2.45, 2.75) is 6.92 Å². The second-order valence-corrected chi connectivity index (χ2v) is 3.17. The van der Waals surface area contributed by atoms with Crippen LogP contribution in [-0.2, 0) is 14.3 Å². The predicted octanol–water partition coefficient (Wildman–Crippen LogP) is 0.907. The molecule has 86 valence electrons. The molecule has 5 heteroatoms. The largest absolute Gasteiger partial charge is 0.466 e. The van der Waals surface area contributed by atoms with Crippen LogP contribution in [0.15, 0.2) is 18.2 Å². The molecule has 0 spiro atoms. The summed E-state index contributed by atoms with van der Waals surface area (Å²) >= 11 is 0. The molecule has 1 aromatic rings. The molecule has 5 nitrogen and oxygen atoms in total. The molecule has 1 rings (SSSR count). The lowest BCUT2D eigenvalue weighted by Crippen LogP contribution is -2.16. The number of nitrogens with two attached hydrogens (primary N) is 1. The lowest BCUT2D eigenvalue weighted by Gasteiger charge is -2.07. The van der Waals surface area contributed by atoms with Crippen LogP contribution in [0.3, 0.4) is 0 Å². The molecule has 0 aliphatic heterocycles. The summed E-state index contributed by atoms with van der Waals surface area (Å²) in [5, 5.41) is 0. The van der Waals surface area contributed by atoms with Crippen molar-refractivity contribution in [3.05, 3.63) is 29.3 Å². The van der Waals surface area contributed by atoms with Crippen LogP contribution >= 0.6 is 0 Å². The van der Waals surface area contributed by atoms with Crippen molar-refractivity contribution in [1.82, 2.24) is 0 Å². The van der Waals surface area contributed by atoms with E-state index in [9.17, 15) is 9.59 Å². The lowest BCUT2D eigenvalue weighted by molar-refractivity contribution is -0.144. The fourth-order valence-electron chi connectivity index (χ4n) is 1.14. The molecule has 0 fully saturated rings. The number of carbonyl (C=O) groups is 2. The van der Waals surface area contributed by atoms with Crippen LogP contribution in [0.25, 0.3) is 0 Å². The van der Waals surface area contributed by atoms with Gasteiger partial charge in [-0.3, -0.25) is 0 Å². The number of esters is 2. The molecule has 1 aromatic carbocycles. The molecular weight excluding hydrogens is 210 g/mol. The van der Waals surface area contributed by atoms with E-state index in [4.69, 9.17) is 10.5 Å². The molecule has 0 saturated carbocycles. The van der Waals surface area contributed by atoms with Gasteiger partial charge in [-0.1, -0.05) is 6.07 Å². The third-order valence-corrected chi connectivity index (χ3v) is 2.14. The molecule has 0 saturated heterocycles.